The maximum absolute atomic E-state index is 11.3. The quantitative estimate of drug-likeness (QED) is 0.429. The van der Waals surface area contributed by atoms with E-state index in [2.05, 4.69) is 97.0 Å². The minimum Gasteiger partial charge on any atom is -0.341 e. The molecule has 4 rings (SSSR count). The largest absolute Gasteiger partial charge is 0.341 e. The standard InChI is InChI=1S/C26H28N2O3S/c1-4-27-23(12-10-22-16-19(2)7-13-25(22)27)18-24-11-9-21-8-6-20(3)17-26(21)28(24)14-5-15-32(29,30)31/h6-13,16-18H,4-5,14-15H2,1-3H3/p+1. The van der Waals surface area contributed by atoms with Gasteiger partial charge in [0.05, 0.1) is 5.75 Å². The van der Waals surface area contributed by atoms with Crippen molar-refractivity contribution in [3.8, 4) is 0 Å². The van der Waals surface area contributed by atoms with Crippen LogP contribution in [-0.4, -0.2) is 25.3 Å². The predicted octanol–water partition coefficient (Wildman–Crippen LogP) is 4.92. The van der Waals surface area contributed by atoms with Gasteiger partial charge in [0.15, 0.2) is 0 Å². The molecule has 166 valence electrons. The fourth-order valence-corrected chi connectivity index (χ4v) is 4.80. The van der Waals surface area contributed by atoms with Gasteiger partial charge in [0, 0.05) is 41.5 Å². The number of rotatable bonds is 6. The first-order chi connectivity index (χ1) is 15.2. The molecule has 5 nitrogen and oxygen atoms in total. The van der Waals surface area contributed by atoms with Gasteiger partial charge in [-0.2, -0.15) is 13.0 Å². The summed E-state index contributed by atoms with van der Waals surface area (Å²) in [6.07, 6.45) is 6.66. The number of hydrogen-bond donors (Lipinski definition) is 1. The van der Waals surface area contributed by atoms with Crippen molar-refractivity contribution in [2.75, 3.05) is 17.2 Å². The van der Waals surface area contributed by atoms with E-state index < -0.39 is 10.1 Å². The van der Waals surface area contributed by atoms with Crippen molar-refractivity contribution in [2.45, 2.75) is 33.7 Å². The van der Waals surface area contributed by atoms with Gasteiger partial charge in [0.1, 0.15) is 6.54 Å². The van der Waals surface area contributed by atoms with Crippen molar-refractivity contribution in [1.82, 2.24) is 0 Å². The van der Waals surface area contributed by atoms with Gasteiger partial charge in [-0.25, -0.2) is 0 Å². The van der Waals surface area contributed by atoms with Crippen molar-refractivity contribution in [2.24, 2.45) is 0 Å². The summed E-state index contributed by atoms with van der Waals surface area (Å²) in [5, 5.41) is 1.21. The average molecular weight is 450 g/mol. The lowest BCUT2D eigenvalue weighted by Crippen LogP contribution is -2.37. The molecule has 32 heavy (non-hydrogen) atoms. The number of aromatic nitrogens is 1. The predicted molar refractivity (Wildman–Crippen MR) is 131 cm³/mol. The zero-order valence-corrected chi connectivity index (χ0v) is 19.6. The first kappa shape index (κ1) is 22.2. The van der Waals surface area contributed by atoms with Crippen LogP contribution in [0, 0.1) is 13.8 Å². The van der Waals surface area contributed by atoms with E-state index in [0.29, 0.717) is 13.0 Å². The molecule has 0 saturated carbocycles. The molecule has 2 aromatic carbocycles. The van der Waals surface area contributed by atoms with Gasteiger partial charge in [0.25, 0.3) is 10.1 Å². The summed E-state index contributed by atoms with van der Waals surface area (Å²) in [6.45, 7) is 7.62. The number of aryl methyl sites for hydroxylation is 3. The molecule has 0 saturated heterocycles. The Morgan fingerprint density at radius 2 is 1.75 bits per heavy atom. The summed E-state index contributed by atoms with van der Waals surface area (Å²) in [7, 11) is -3.99. The Kier molecular flexibility index (Phi) is 6.17. The molecule has 1 aliphatic rings. The number of anilines is 1. The molecule has 0 fully saturated rings. The zero-order chi connectivity index (χ0) is 22.9. The Bertz CT molecular complexity index is 1340. The molecular weight excluding hydrogens is 420 g/mol. The summed E-state index contributed by atoms with van der Waals surface area (Å²) in [4.78, 5) is 2.15. The third-order valence-electron chi connectivity index (χ3n) is 5.84. The van der Waals surface area contributed by atoms with Gasteiger partial charge in [-0.15, -0.1) is 0 Å². The highest BCUT2D eigenvalue weighted by Crippen LogP contribution is 2.33. The van der Waals surface area contributed by atoms with Crippen LogP contribution in [0.15, 0.2) is 60.3 Å². The summed E-state index contributed by atoms with van der Waals surface area (Å²) >= 11 is 0. The minimum atomic E-state index is -3.99. The molecule has 0 atom stereocenters. The number of allylic oxidation sites excluding steroid dienone is 1. The lowest BCUT2D eigenvalue weighted by molar-refractivity contribution is -0.669. The Balaban J connectivity index is 1.79. The van der Waals surface area contributed by atoms with Gasteiger partial charge < -0.3 is 4.90 Å². The molecular formula is C26H29N2O3S+. The molecule has 1 aliphatic heterocycles. The second-order valence-corrected chi connectivity index (χ2v) is 9.89. The van der Waals surface area contributed by atoms with Crippen molar-refractivity contribution >= 4 is 38.9 Å². The van der Waals surface area contributed by atoms with Crippen molar-refractivity contribution < 1.29 is 17.5 Å². The van der Waals surface area contributed by atoms with Crippen LogP contribution in [0.5, 0.6) is 0 Å². The molecule has 0 aliphatic carbocycles. The topological polar surface area (TPSA) is 61.5 Å². The van der Waals surface area contributed by atoms with E-state index in [9.17, 15) is 13.0 Å². The summed E-state index contributed by atoms with van der Waals surface area (Å²) in [6, 6.07) is 17.0. The van der Waals surface area contributed by atoms with Crippen LogP contribution < -0.4 is 9.47 Å². The van der Waals surface area contributed by atoms with E-state index in [4.69, 9.17) is 0 Å². The molecule has 0 radical (unpaired) electrons. The fraction of sp³-hybridized carbons (Fsp3) is 0.269. The Morgan fingerprint density at radius 1 is 1.00 bits per heavy atom. The molecule has 0 spiro atoms. The number of benzene rings is 2. The molecule has 1 N–H and O–H groups in total. The third kappa shape index (κ3) is 4.76. The highest BCUT2D eigenvalue weighted by Gasteiger charge is 2.21. The monoisotopic (exact) mass is 449 g/mol. The van der Waals surface area contributed by atoms with Crippen LogP contribution in [0.3, 0.4) is 0 Å². The van der Waals surface area contributed by atoms with E-state index in [1.54, 1.807) is 0 Å². The number of hydrogen-bond acceptors (Lipinski definition) is 3. The summed E-state index contributed by atoms with van der Waals surface area (Å²) < 4.78 is 34.1. The van der Waals surface area contributed by atoms with Crippen molar-refractivity contribution in [3.63, 3.8) is 0 Å². The van der Waals surface area contributed by atoms with Gasteiger partial charge in [-0.05, 0) is 62.6 Å². The highest BCUT2D eigenvalue weighted by atomic mass is 32.2. The maximum atomic E-state index is 11.3. The van der Waals surface area contributed by atoms with Crippen molar-refractivity contribution in [1.29, 1.82) is 0 Å². The van der Waals surface area contributed by atoms with Crippen molar-refractivity contribution in [3.05, 3.63) is 82.7 Å². The Morgan fingerprint density at radius 3 is 2.50 bits per heavy atom. The third-order valence-corrected chi connectivity index (χ3v) is 6.64. The average Bonchev–Trinajstić information content (AvgIpc) is 2.74. The van der Waals surface area contributed by atoms with E-state index in [0.717, 1.165) is 34.8 Å². The van der Waals surface area contributed by atoms with Gasteiger partial charge in [-0.1, -0.05) is 29.8 Å². The minimum absolute atomic E-state index is 0.258. The zero-order valence-electron chi connectivity index (χ0n) is 18.7. The first-order valence-electron chi connectivity index (χ1n) is 10.9. The van der Waals surface area contributed by atoms with Gasteiger partial charge in [-0.3, -0.25) is 4.55 Å². The van der Waals surface area contributed by atoms with Crippen LogP contribution in [-0.2, 0) is 16.7 Å². The second-order valence-electron chi connectivity index (χ2n) is 8.32. The SMILES string of the molecule is CC[n+]1c(/C=C2\C=Cc3ccc(C)cc3N2CCCS(=O)(=O)O)ccc2cc(C)ccc21. The molecule has 0 bridgehead atoms. The lowest BCUT2D eigenvalue weighted by atomic mass is 10.0. The molecule has 6 heteroatoms. The number of fused-ring (bicyclic) bond motifs is 2. The van der Waals surface area contributed by atoms with E-state index in [1.807, 2.05) is 0 Å². The highest BCUT2D eigenvalue weighted by molar-refractivity contribution is 7.85. The summed E-state index contributed by atoms with van der Waals surface area (Å²) in [5.41, 5.74) is 7.78. The normalized spacial score (nSPS) is 14.9. The molecule has 0 unspecified atom stereocenters. The second kappa shape index (κ2) is 8.88. The first-order valence-corrected chi connectivity index (χ1v) is 12.5. The lowest BCUT2D eigenvalue weighted by Gasteiger charge is -2.30. The fourth-order valence-electron chi connectivity index (χ4n) is 4.30. The van der Waals surface area contributed by atoms with Crippen LogP contribution in [0.4, 0.5) is 5.69 Å². The molecule has 3 aromatic rings. The van der Waals surface area contributed by atoms with Crippen LogP contribution in [0.1, 0.15) is 35.7 Å². The molecule has 0 amide bonds. The van der Waals surface area contributed by atoms with Crippen LogP contribution >= 0.6 is 0 Å². The van der Waals surface area contributed by atoms with E-state index in [1.165, 1.54) is 16.5 Å². The van der Waals surface area contributed by atoms with Crippen LogP contribution in [0.2, 0.25) is 0 Å². The Hall–Kier alpha value is -2.96. The smallest absolute Gasteiger partial charge is 0.264 e. The molecule has 1 aromatic heterocycles. The number of nitrogens with zero attached hydrogens (tertiary/aromatic N) is 2. The van der Waals surface area contributed by atoms with Gasteiger partial charge in [0.2, 0.25) is 11.2 Å². The van der Waals surface area contributed by atoms with E-state index in [-0.39, 0.29) is 5.75 Å². The van der Waals surface area contributed by atoms with Crippen LogP contribution in [0.25, 0.3) is 23.1 Å². The maximum Gasteiger partial charge on any atom is 0.264 e. The summed E-state index contributed by atoms with van der Waals surface area (Å²) in [5.74, 6) is -0.258. The Labute approximate surface area is 190 Å². The number of pyridine rings is 1. The van der Waals surface area contributed by atoms with Gasteiger partial charge >= 0.3 is 0 Å². The molecule has 2 heterocycles. The van der Waals surface area contributed by atoms with E-state index >= 15 is 0 Å².